The van der Waals surface area contributed by atoms with Crippen LogP contribution in [0.3, 0.4) is 0 Å². The number of nitrogens with zero attached hydrogens (tertiary/aromatic N) is 1. The minimum Gasteiger partial charge on any atom is -0.480 e. The molecule has 0 spiro atoms. The maximum atomic E-state index is 12.2. The Morgan fingerprint density at radius 2 is 1.77 bits per heavy atom. The quantitative estimate of drug-likeness (QED) is 0.757. The van der Waals surface area contributed by atoms with Gasteiger partial charge in [0.2, 0.25) is 0 Å². The molecule has 0 aromatic carbocycles. The van der Waals surface area contributed by atoms with Crippen LogP contribution in [0.25, 0.3) is 0 Å². The van der Waals surface area contributed by atoms with Crippen molar-refractivity contribution in [2.75, 3.05) is 6.61 Å². The van der Waals surface area contributed by atoms with E-state index in [0.29, 0.717) is 4.90 Å². The van der Waals surface area contributed by atoms with E-state index in [9.17, 15) is 19.5 Å². The van der Waals surface area contributed by atoms with E-state index in [1.807, 2.05) is 0 Å². The Morgan fingerprint density at radius 1 is 1.23 bits per heavy atom. The molecule has 7 heteroatoms. The summed E-state index contributed by atoms with van der Waals surface area (Å²) >= 11 is 0. The highest BCUT2D eigenvalue weighted by molar-refractivity contribution is 5.93. The molecule has 0 aromatic rings. The van der Waals surface area contributed by atoms with E-state index in [0.717, 1.165) is 0 Å². The van der Waals surface area contributed by atoms with Crippen molar-refractivity contribution in [1.29, 1.82) is 0 Å². The highest BCUT2D eigenvalue weighted by atomic mass is 16.6. The minimum absolute atomic E-state index is 0.0433. The molecule has 0 aromatic heterocycles. The van der Waals surface area contributed by atoms with Gasteiger partial charge in [-0.3, -0.25) is 0 Å². The summed E-state index contributed by atoms with van der Waals surface area (Å²) in [7, 11) is 0. The van der Waals surface area contributed by atoms with Crippen LogP contribution in [0.5, 0.6) is 0 Å². The van der Waals surface area contributed by atoms with E-state index >= 15 is 0 Å². The Morgan fingerprint density at radius 3 is 2.14 bits per heavy atom. The summed E-state index contributed by atoms with van der Waals surface area (Å²) < 4.78 is 9.92. The molecule has 0 radical (unpaired) electrons. The Bertz CT molecular complexity index is 424. The Labute approximate surface area is 130 Å². The molecule has 7 nitrogen and oxygen atoms in total. The van der Waals surface area contributed by atoms with Crippen LogP contribution in [0.15, 0.2) is 12.7 Å². The van der Waals surface area contributed by atoms with Crippen molar-refractivity contribution in [3.8, 4) is 0 Å². The van der Waals surface area contributed by atoms with Gasteiger partial charge in [-0.1, -0.05) is 26.5 Å². The molecule has 0 heterocycles. The summed E-state index contributed by atoms with van der Waals surface area (Å²) in [5.41, 5.74) is -0.866. The molecule has 2 amide bonds. The second kappa shape index (κ2) is 8.41. The van der Waals surface area contributed by atoms with Crippen molar-refractivity contribution in [3.63, 3.8) is 0 Å². The zero-order valence-corrected chi connectivity index (χ0v) is 13.8. The third kappa shape index (κ3) is 7.10. The lowest BCUT2D eigenvalue weighted by atomic mass is 10.0. The molecule has 0 aliphatic heterocycles. The zero-order valence-electron chi connectivity index (χ0n) is 13.8. The van der Waals surface area contributed by atoms with Gasteiger partial charge in [0, 0.05) is 0 Å². The number of carboxylic acid groups (broad SMARTS) is 1. The van der Waals surface area contributed by atoms with Gasteiger partial charge in [-0.25, -0.2) is 14.4 Å². The first-order valence-corrected chi connectivity index (χ1v) is 7.02. The van der Waals surface area contributed by atoms with Crippen LogP contribution in [0.1, 0.15) is 41.0 Å². The van der Waals surface area contributed by atoms with Crippen molar-refractivity contribution in [3.05, 3.63) is 12.7 Å². The summed E-state index contributed by atoms with van der Waals surface area (Å²) in [6.07, 6.45) is -0.696. The van der Waals surface area contributed by atoms with Crippen LogP contribution in [0, 0.1) is 5.92 Å². The summed E-state index contributed by atoms with van der Waals surface area (Å²) in [6.45, 7) is 11.7. The molecule has 0 saturated heterocycles. The van der Waals surface area contributed by atoms with Crippen molar-refractivity contribution >= 4 is 18.2 Å². The average molecular weight is 315 g/mol. The number of carbonyl (C=O) groups excluding carboxylic acids is 2. The van der Waals surface area contributed by atoms with Crippen LogP contribution in [0.4, 0.5) is 9.59 Å². The predicted octanol–water partition coefficient (Wildman–Crippen LogP) is 3.05. The topological polar surface area (TPSA) is 93.1 Å². The van der Waals surface area contributed by atoms with Crippen molar-refractivity contribution in [2.24, 2.45) is 5.92 Å². The summed E-state index contributed by atoms with van der Waals surface area (Å²) in [5.74, 6) is -1.34. The molecule has 0 aliphatic carbocycles. The van der Waals surface area contributed by atoms with Gasteiger partial charge in [0.05, 0.1) is 0 Å². The fourth-order valence-electron chi connectivity index (χ4n) is 1.60. The van der Waals surface area contributed by atoms with Gasteiger partial charge in [0.1, 0.15) is 18.2 Å². The Hall–Kier alpha value is -2.05. The lowest BCUT2D eigenvalue weighted by Gasteiger charge is -2.30. The first-order chi connectivity index (χ1) is 9.99. The molecule has 126 valence electrons. The molecule has 0 fully saturated rings. The van der Waals surface area contributed by atoms with Crippen LogP contribution >= 0.6 is 0 Å². The highest BCUT2D eigenvalue weighted by Gasteiger charge is 2.39. The van der Waals surface area contributed by atoms with Gasteiger partial charge in [-0.15, -0.1) is 0 Å². The number of ether oxygens (including phenoxy) is 2. The lowest BCUT2D eigenvalue weighted by molar-refractivity contribution is -0.143. The maximum Gasteiger partial charge on any atom is 0.420 e. The third-order valence-corrected chi connectivity index (χ3v) is 2.40. The van der Waals surface area contributed by atoms with E-state index in [2.05, 4.69) is 6.58 Å². The van der Waals surface area contributed by atoms with Gasteiger partial charge in [-0.05, 0) is 33.1 Å². The van der Waals surface area contributed by atoms with E-state index < -0.39 is 29.8 Å². The monoisotopic (exact) mass is 315 g/mol. The van der Waals surface area contributed by atoms with Gasteiger partial charge in [0.15, 0.2) is 0 Å². The molecule has 1 atom stereocenters. The number of amides is 2. The fourth-order valence-corrected chi connectivity index (χ4v) is 1.60. The molecule has 0 unspecified atom stereocenters. The van der Waals surface area contributed by atoms with E-state index in [1.54, 1.807) is 34.6 Å². The van der Waals surface area contributed by atoms with Crippen LogP contribution in [-0.2, 0) is 14.3 Å². The second-order valence-electron chi connectivity index (χ2n) is 6.20. The molecule has 22 heavy (non-hydrogen) atoms. The molecule has 0 bridgehead atoms. The van der Waals surface area contributed by atoms with E-state index in [4.69, 9.17) is 9.47 Å². The van der Waals surface area contributed by atoms with Gasteiger partial charge in [0.25, 0.3) is 0 Å². The number of imide groups is 1. The predicted molar refractivity (Wildman–Crippen MR) is 80.5 cm³/mol. The summed E-state index contributed by atoms with van der Waals surface area (Å²) in [4.78, 5) is 36.2. The van der Waals surface area contributed by atoms with Crippen LogP contribution in [0.2, 0.25) is 0 Å². The Balaban J connectivity index is 5.44. The lowest BCUT2D eigenvalue weighted by Crippen LogP contribution is -2.51. The number of hydrogen-bond acceptors (Lipinski definition) is 5. The van der Waals surface area contributed by atoms with Crippen molar-refractivity contribution in [2.45, 2.75) is 52.7 Å². The second-order valence-corrected chi connectivity index (χ2v) is 6.20. The van der Waals surface area contributed by atoms with Crippen molar-refractivity contribution < 1.29 is 29.0 Å². The number of carboxylic acids is 1. The summed E-state index contributed by atoms with van der Waals surface area (Å²) in [6, 6.07) is -1.35. The normalized spacial score (nSPS) is 12.5. The highest BCUT2D eigenvalue weighted by Crippen LogP contribution is 2.18. The van der Waals surface area contributed by atoms with Crippen LogP contribution < -0.4 is 0 Å². The van der Waals surface area contributed by atoms with Crippen LogP contribution in [-0.4, -0.2) is 46.4 Å². The number of hydrogen-bond donors (Lipinski definition) is 1. The van der Waals surface area contributed by atoms with Crippen molar-refractivity contribution in [1.82, 2.24) is 4.90 Å². The molecule has 0 rings (SSSR count). The number of aliphatic carboxylic acids is 1. The molecule has 0 saturated carbocycles. The van der Waals surface area contributed by atoms with Gasteiger partial charge >= 0.3 is 18.2 Å². The molecular formula is C15H25NO6. The molecule has 0 aliphatic rings. The van der Waals surface area contributed by atoms with E-state index in [-0.39, 0.29) is 18.9 Å². The van der Waals surface area contributed by atoms with E-state index in [1.165, 1.54) is 6.08 Å². The average Bonchev–Trinajstić information content (AvgIpc) is 2.32. The zero-order chi connectivity index (χ0) is 17.5. The summed E-state index contributed by atoms with van der Waals surface area (Å²) in [5, 5.41) is 9.34. The largest absolute Gasteiger partial charge is 0.480 e. The SMILES string of the molecule is C=CCOC(=O)N(C(=O)OC(C)(C)C)[C@@H](CC(C)C)C(=O)O. The first kappa shape index (κ1) is 19.9. The van der Waals surface area contributed by atoms with Gasteiger partial charge < -0.3 is 14.6 Å². The first-order valence-electron chi connectivity index (χ1n) is 7.02. The standard InChI is InChI=1S/C15H25NO6/c1-7-8-21-13(19)16(14(20)22-15(4,5)6)11(12(17)18)9-10(2)3/h7,10-11H,1,8-9H2,2-6H3,(H,17,18)/t11-/m0/s1. The number of rotatable bonds is 6. The smallest absolute Gasteiger partial charge is 0.420 e. The maximum absolute atomic E-state index is 12.2. The third-order valence-electron chi connectivity index (χ3n) is 2.40. The molecular weight excluding hydrogens is 290 g/mol. The van der Waals surface area contributed by atoms with Gasteiger partial charge in [-0.2, -0.15) is 4.90 Å². The minimum atomic E-state index is -1.35. The fraction of sp³-hybridized carbons (Fsp3) is 0.667. The molecule has 1 N–H and O–H groups in total. The number of carbonyl (C=O) groups is 3. The Kier molecular flexibility index (Phi) is 7.62.